The molecular formula is C31H32ClN5O6. The van der Waals surface area contributed by atoms with Crippen molar-refractivity contribution in [3.05, 3.63) is 87.3 Å². The molecule has 0 saturated carbocycles. The summed E-state index contributed by atoms with van der Waals surface area (Å²) in [5.74, 6) is 0.233. The lowest BCUT2D eigenvalue weighted by atomic mass is 9.99. The van der Waals surface area contributed by atoms with E-state index in [1.807, 2.05) is 36.4 Å². The van der Waals surface area contributed by atoms with Gasteiger partial charge in [0.1, 0.15) is 11.3 Å². The number of aryl methyl sites for hydroxylation is 1. The molecule has 2 aromatic carbocycles. The molecule has 224 valence electrons. The van der Waals surface area contributed by atoms with Gasteiger partial charge in [0, 0.05) is 54.7 Å². The summed E-state index contributed by atoms with van der Waals surface area (Å²) >= 11 is 6.99. The van der Waals surface area contributed by atoms with Crippen LogP contribution in [-0.4, -0.2) is 65.4 Å². The van der Waals surface area contributed by atoms with Crippen LogP contribution in [0.25, 0.3) is 22.4 Å². The SMILES string of the molecule is COc1nc(-c2cccc(-c3cccc(NC(=O)c4ccnn(C)c4=O)c3OC)c2Cl)ccc1CN[C@@H]1CCOC[C@@H]1O. The molecule has 43 heavy (non-hydrogen) atoms. The molecule has 4 aromatic rings. The van der Waals surface area contributed by atoms with Crippen LogP contribution in [0.2, 0.25) is 5.02 Å². The molecule has 0 spiro atoms. The van der Waals surface area contributed by atoms with Gasteiger partial charge >= 0.3 is 0 Å². The summed E-state index contributed by atoms with van der Waals surface area (Å²) in [7, 11) is 4.53. The Morgan fingerprint density at radius 3 is 2.63 bits per heavy atom. The summed E-state index contributed by atoms with van der Waals surface area (Å²) in [6, 6.07) is 15.9. The minimum atomic E-state index is -0.587. The maximum Gasteiger partial charge on any atom is 0.279 e. The first-order valence-corrected chi connectivity index (χ1v) is 14.0. The molecule has 2 aromatic heterocycles. The summed E-state index contributed by atoms with van der Waals surface area (Å²) in [4.78, 5) is 30.1. The summed E-state index contributed by atoms with van der Waals surface area (Å²) in [6.07, 6.45) is 1.53. The van der Waals surface area contributed by atoms with Crippen molar-refractivity contribution in [3.8, 4) is 34.0 Å². The van der Waals surface area contributed by atoms with Gasteiger partial charge in [-0.1, -0.05) is 48.0 Å². The third-order valence-electron chi connectivity index (χ3n) is 7.30. The number of carbonyl (C=O) groups is 1. The minimum absolute atomic E-state index is 0.0485. The number of aliphatic hydroxyl groups excluding tert-OH is 1. The summed E-state index contributed by atoms with van der Waals surface area (Å²) in [6.45, 7) is 1.38. The van der Waals surface area contributed by atoms with Crippen LogP contribution in [0.15, 0.2) is 65.6 Å². The van der Waals surface area contributed by atoms with Gasteiger partial charge in [0.05, 0.1) is 43.3 Å². The first kappa shape index (κ1) is 30.2. The number of nitrogens with one attached hydrogen (secondary N) is 2. The average molecular weight is 606 g/mol. The number of hydrogen-bond donors (Lipinski definition) is 3. The molecule has 0 bridgehead atoms. The van der Waals surface area contributed by atoms with Crippen molar-refractivity contribution in [2.24, 2.45) is 7.05 Å². The second-order valence-corrected chi connectivity index (χ2v) is 10.3. The first-order valence-electron chi connectivity index (χ1n) is 13.7. The highest BCUT2D eigenvalue weighted by molar-refractivity contribution is 6.36. The van der Waals surface area contributed by atoms with Crippen LogP contribution in [0.1, 0.15) is 22.3 Å². The molecule has 1 fully saturated rings. The second-order valence-electron chi connectivity index (χ2n) is 9.96. The first-order chi connectivity index (χ1) is 20.8. The summed E-state index contributed by atoms with van der Waals surface area (Å²) in [5, 5.41) is 20.6. The van der Waals surface area contributed by atoms with Gasteiger partial charge in [-0.15, -0.1) is 0 Å². The lowest BCUT2D eigenvalue weighted by Crippen LogP contribution is -2.46. The van der Waals surface area contributed by atoms with Crippen LogP contribution >= 0.6 is 11.6 Å². The standard InChI is InChI=1S/C31H32ClN5O6/c1-37-31(40)22(12-14-34-37)29(39)35-25-9-5-7-20(28(25)41-2)19-6-4-8-21(27(19)32)23-11-10-18(30(36-23)42-3)16-33-24-13-15-43-17-26(24)38/h4-12,14,24,26,33,38H,13,15-17H2,1-3H3,(H,35,39)/t24-,26+/m1/s1. The fourth-order valence-electron chi connectivity index (χ4n) is 5.01. The van der Waals surface area contributed by atoms with Crippen LogP contribution in [-0.2, 0) is 18.3 Å². The zero-order chi connectivity index (χ0) is 30.5. The Balaban J connectivity index is 1.44. The fourth-order valence-corrected chi connectivity index (χ4v) is 5.33. The van der Waals surface area contributed by atoms with E-state index < -0.39 is 17.6 Å². The van der Waals surface area contributed by atoms with E-state index in [4.69, 9.17) is 30.8 Å². The molecule has 1 aliphatic rings. The van der Waals surface area contributed by atoms with Crippen LogP contribution in [0, 0.1) is 0 Å². The number of anilines is 1. The number of para-hydroxylation sites is 1. The lowest BCUT2D eigenvalue weighted by Gasteiger charge is -2.28. The highest BCUT2D eigenvalue weighted by Crippen LogP contribution is 2.43. The number of rotatable bonds is 9. The fraction of sp³-hybridized carbons (Fsp3) is 0.290. The molecule has 2 atom stereocenters. The number of benzene rings is 2. The number of halogens is 1. The van der Waals surface area contributed by atoms with Crippen molar-refractivity contribution >= 4 is 23.2 Å². The van der Waals surface area contributed by atoms with Crippen LogP contribution in [0.4, 0.5) is 5.69 Å². The molecule has 11 nitrogen and oxygen atoms in total. The van der Waals surface area contributed by atoms with Gasteiger partial charge in [0.2, 0.25) is 5.88 Å². The van der Waals surface area contributed by atoms with Gasteiger partial charge in [-0.05, 0) is 24.6 Å². The maximum atomic E-state index is 13.0. The van der Waals surface area contributed by atoms with Crippen molar-refractivity contribution in [2.45, 2.75) is 25.1 Å². The monoisotopic (exact) mass is 605 g/mol. The van der Waals surface area contributed by atoms with E-state index in [0.717, 1.165) is 10.2 Å². The zero-order valence-corrected chi connectivity index (χ0v) is 24.7. The number of amides is 1. The molecule has 3 heterocycles. The molecule has 0 unspecified atom stereocenters. The predicted octanol–water partition coefficient (Wildman–Crippen LogP) is 3.67. The molecule has 1 aliphatic heterocycles. The maximum absolute atomic E-state index is 13.0. The number of hydrogen-bond acceptors (Lipinski definition) is 9. The van der Waals surface area contributed by atoms with Gasteiger partial charge in [-0.2, -0.15) is 5.10 Å². The van der Waals surface area contributed by atoms with Crippen molar-refractivity contribution in [1.29, 1.82) is 0 Å². The van der Waals surface area contributed by atoms with Crippen LogP contribution in [0.3, 0.4) is 0 Å². The normalized spacial score (nSPS) is 16.5. The predicted molar refractivity (Wildman–Crippen MR) is 163 cm³/mol. The molecular weight excluding hydrogens is 574 g/mol. The third-order valence-corrected chi connectivity index (χ3v) is 7.70. The molecule has 12 heteroatoms. The quantitative estimate of drug-likeness (QED) is 0.261. The zero-order valence-electron chi connectivity index (χ0n) is 24.0. The Morgan fingerprint density at radius 2 is 1.86 bits per heavy atom. The number of methoxy groups -OCH3 is 2. The van der Waals surface area contributed by atoms with Crippen molar-refractivity contribution in [2.75, 3.05) is 32.8 Å². The van der Waals surface area contributed by atoms with Crippen molar-refractivity contribution < 1.29 is 24.1 Å². The number of ether oxygens (including phenoxy) is 3. The topological polar surface area (TPSA) is 137 Å². The molecule has 0 aliphatic carbocycles. The van der Waals surface area contributed by atoms with Gasteiger partial charge < -0.3 is 30.0 Å². The number of carbonyl (C=O) groups excluding carboxylic acids is 1. The Morgan fingerprint density at radius 1 is 1.09 bits per heavy atom. The van der Waals surface area contributed by atoms with Gasteiger partial charge in [0.25, 0.3) is 11.5 Å². The van der Waals surface area contributed by atoms with E-state index in [1.54, 1.807) is 19.2 Å². The third kappa shape index (κ3) is 6.40. The Hall–Kier alpha value is -4.29. The molecule has 1 amide bonds. The van der Waals surface area contributed by atoms with E-state index >= 15 is 0 Å². The van der Waals surface area contributed by atoms with Crippen molar-refractivity contribution in [1.82, 2.24) is 20.1 Å². The van der Waals surface area contributed by atoms with Crippen LogP contribution < -0.4 is 25.7 Å². The lowest BCUT2D eigenvalue weighted by molar-refractivity contribution is -0.0281. The van der Waals surface area contributed by atoms with E-state index in [0.29, 0.717) is 70.9 Å². The summed E-state index contributed by atoms with van der Waals surface area (Å²) < 4.78 is 17.7. The van der Waals surface area contributed by atoms with E-state index in [2.05, 4.69) is 15.7 Å². The smallest absolute Gasteiger partial charge is 0.279 e. The Bertz CT molecular complexity index is 1690. The highest BCUT2D eigenvalue weighted by atomic mass is 35.5. The van der Waals surface area contributed by atoms with Gasteiger partial charge in [-0.3, -0.25) is 9.59 Å². The number of aliphatic hydroxyl groups is 1. The largest absolute Gasteiger partial charge is 0.494 e. The highest BCUT2D eigenvalue weighted by Gasteiger charge is 2.24. The van der Waals surface area contributed by atoms with Gasteiger partial charge in [-0.25, -0.2) is 9.67 Å². The summed E-state index contributed by atoms with van der Waals surface area (Å²) in [5.41, 5.74) is 3.22. The van der Waals surface area contributed by atoms with E-state index in [9.17, 15) is 14.7 Å². The Kier molecular flexibility index (Phi) is 9.37. The number of pyridine rings is 1. The second kappa shape index (κ2) is 13.3. The molecule has 0 radical (unpaired) electrons. The average Bonchev–Trinajstić information content (AvgIpc) is 3.02. The number of aromatic nitrogens is 3. The molecule has 1 saturated heterocycles. The van der Waals surface area contributed by atoms with Crippen LogP contribution in [0.5, 0.6) is 11.6 Å². The number of nitrogens with zero attached hydrogens (tertiary/aromatic N) is 3. The van der Waals surface area contributed by atoms with Gasteiger partial charge in [0.15, 0.2) is 0 Å². The Labute approximate surface area is 253 Å². The van der Waals surface area contributed by atoms with Crippen molar-refractivity contribution in [3.63, 3.8) is 0 Å². The van der Waals surface area contributed by atoms with E-state index in [1.165, 1.54) is 26.4 Å². The minimum Gasteiger partial charge on any atom is -0.494 e. The molecule has 5 rings (SSSR count). The molecule has 3 N–H and O–H groups in total. The van der Waals surface area contributed by atoms with E-state index in [-0.39, 0.29) is 11.6 Å².